The number of quaternary nitrogens is 1. The molecule has 7 heteroatoms. The van der Waals surface area contributed by atoms with E-state index in [2.05, 4.69) is 32.6 Å². The Hall–Kier alpha value is -0.730. The summed E-state index contributed by atoms with van der Waals surface area (Å²) in [4.78, 5) is 20.9. The van der Waals surface area contributed by atoms with Crippen molar-refractivity contribution < 1.29 is 26.8 Å². The number of nitrogens with zero attached hydrogens (tertiary/aromatic N) is 2. The van der Waals surface area contributed by atoms with Gasteiger partial charge in [-0.25, -0.2) is 4.90 Å². The van der Waals surface area contributed by atoms with Gasteiger partial charge in [0.1, 0.15) is 11.9 Å². The Labute approximate surface area is 125 Å². The minimum Gasteiger partial charge on any atom is -1.00 e. The Morgan fingerprint density at radius 1 is 1.56 bits per heavy atom. The molecule has 1 unspecified atom stereocenters. The highest BCUT2D eigenvalue weighted by molar-refractivity contribution is 14.1. The monoisotopic (exact) mass is 381 g/mol. The number of carbonyl (C=O) groups is 1. The number of hydrogen-bond acceptors (Lipinski definition) is 4. The molecule has 2 heterocycles. The van der Waals surface area contributed by atoms with Crippen LogP contribution in [0.15, 0.2) is 33.8 Å². The molecule has 1 atom stereocenters. The molecule has 0 aromatic rings. The summed E-state index contributed by atoms with van der Waals surface area (Å²) in [5.74, 6) is -0.178. The summed E-state index contributed by atoms with van der Waals surface area (Å²) < 4.78 is 5.86. The van der Waals surface area contributed by atoms with E-state index in [-0.39, 0.29) is 18.4 Å². The fraction of sp³-hybridized carbons (Fsp3) is 0.364. The van der Waals surface area contributed by atoms with Gasteiger partial charge in [0.05, 0.1) is 48.0 Å². The number of esters is 1. The standard InChI is InChI=1S/C11H12IN3O2.ClH/c1-2-17-10(16)4-3-8-9-7-13-5-6-15(9)11(12)14-8;/h5-7H,2-4H2,1H3;1H. The van der Waals surface area contributed by atoms with Gasteiger partial charge >= 0.3 is 5.97 Å². The first-order valence-corrected chi connectivity index (χ1v) is 6.50. The van der Waals surface area contributed by atoms with Crippen LogP contribution in [0.25, 0.3) is 0 Å². The summed E-state index contributed by atoms with van der Waals surface area (Å²) in [5, 5.41) is 0. The van der Waals surface area contributed by atoms with Gasteiger partial charge < -0.3 is 17.1 Å². The van der Waals surface area contributed by atoms with Crippen molar-refractivity contribution in [2.75, 3.05) is 6.61 Å². The Balaban J connectivity index is 0.00000162. The van der Waals surface area contributed by atoms with E-state index in [4.69, 9.17) is 4.74 Å². The van der Waals surface area contributed by atoms with Crippen LogP contribution in [0.1, 0.15) is 19.8 Å². The molecule has 0 spiro atoms. The van der Waals surface area contributed by atoms with Crippen LogP contribution in [0, 0.1) is 0 Å². The molecule has 2 aliphatic rings. The van der Waals surface area contributed by atoms with Gasteiger partial charge in [0, 0.05) is 6.42 Å². The lowest BCUT2D eigenvalue weighted by Crippen LogP contribution is -3.06. The lowest BCUT2D eigenvalue weighted by atomic mass is 10.2. The summed E-state index contributed by atoms with van der Waals surface area (Å²) in [6.07, 6.45) is 6.46. The van der Waals surface area contributed by atoms with E-state index in [1.54, 1.807) is 19.3 Å². The van der Waals surface area contributed by atoms with Crippen molar-refractivity contribution in [2.24, 2.45) is 9.98 Å². The SMILES string of the molecule is CCOC(=O)CCC1=C2C=NC=C[NH+]2C(I)=N1.[Cl-]. The van der Waals surface area contributed by atoms with Gasteiger partial charge in [-0.15, -0.1) is 0 Å². The Morgan fingerprint density at radius 2 is 2.33 bits per heavy atom. The first-order chi connectivity index (χ1) is 8.22. The number of rotatable bonds is 4. The summed E-state index contributed by atoms with van der Waals surface area (Å²) in [6, 6.07) is 0. The molecule has 98 valence electrons. The van der Waals surface area contributed by atoms with Crippen LogP contribution in [-0.2, 0) is 9.53 Å². The van der Waals surface area contributed by atoms with Gasteiger partial charge in [-0.3, -0.25) is 9.79 Å². The number of aliphatic imine (C=N–C) groups is 2. The van der Waals surface area contributed by atoms with E-state index in [1.807, 2.05) is 6.20 Å². The quantitative estimate of drug-likeness (QED) is 0.341. The van der Waals surface area contributed by atoms with E-state index < -0.39 is 0 Å². The molecule has 0 bridgehead atoms. The number of nitrogens with one attached hydrogen (secondary N) is 1. The van der Waals surface area contributed by atoms with Crippen LogP contribution < -0.4 is 17.3 Å². The molecule has 2 aliphatic heterocycles. The zero-order valence-electron chi connectivity index (χ0n) is 9.82. The maximum Gasteiger partial charge on any atom is 0.306 e. The zero-order valence-corrected chi connectivity index (χ0v) is 12.7. The minimum absolute atomic E-state index is 0. The number of ether oxygens (including phenoxy) is 1. The highest BCUT2D eigenvalue weighted by Gasteiger charge is 2.29. The van der Waals surface area contributed by atoms with Crippen molar-refractivity contribution in [3.63, 3.8) is 0 Å². The molecule has 0 saturated carbocycles. The zero-order chi connectivity index (χ0) is 12.3. The lowest BCUT2D eigenvalue weighted by Gasteiger charge is -2.08. The number of halogens is 2. The number of allylic oxidation sites excluding steroid dienone is 2. The van der Waals surface area contributed by atoms with Gasteiger partial charge in [0.15, 0.2) is 5.70 Å². The first-order valence-electron chi connectivity index (χ1n) is 5.42. The van der Waals surface area contributed by atoms with E-state index in [1.165, 1.54) is 0 Å². The normalized spacial score (nSPS) is 20.3. The molecular formula is C11H13ClIN3O2. The van der Waals surface area contributed by atoms with Gasteiger partial charge in [0.2, 0.25) is 0 Å². The topological polar surface area (TPSA) is 55.5 Å². The number of hydrogen-bond donors (Lipinski definition) is 1. The lowest BCUT2D eigenvalue weighted by molar-refractivity contribution is -0.684. The average Bonchev–Trinajstić information content (AvgIpc) is 2.65. The molecule has 0 aromatic heterocycles. The van der Waals surface area contributed by atoms with Crippen molar-refractivity contribution in [3.8, 4) is 0 Å². The van der Waals surface area contributed by atoms with Crippen LogP contribution in [0.5, 0.6) is 0 Å². The molecule has 0 aliphatic carbocycles. The molecule has 0 amide bonds. The molecule has 0 saturated heterocycles. The highest BCUT2D eigenvalue weighted by Crippen LogP contribution is 2.16. The van der Waals surface area contributed by atoms with Crippen LogP contribution >= 0.6 is 22.6 Å². The fourth-order valence-corrected chi connectivity index (χ4v) is 2.45. The second kappa shape index (κ2) is 7.01. The van der Waals surface area contributed by atoms with Crippen LogP contribution in [0.3, 0.4) is 0 Å². The van der Waals surface area contributed by atoms with Gasteiger partial charge in [0.25, 0.3) is 3.84 Å². The van der Waals surface area contributed by atoms with Gasteiger partial charge in [-0.05, 0) is 6.92 Å². The van der Waals surface area contributed by atoms with Crippen molar-refractivity contribution in [2.45, 2.75) is 19.8 Å². The smallest absolute Gasteiger partial charge is 0.306 e. The Bertz CT molecular complexity index is 457. The average molecular weight is 382 g/mol. The highest BCUT2D eigenvalue weighted by atomic mass is 127. The third-order valence-electron chi connectivity index (χ3n) is 2.46. The minimum atomic E-state index is -0.178. The Kier molecular flexibility index (Phi) is 5.97. The van der Waals surface area contributed by atoms with Crippen molar-refractivity contribution in [3.05, 3.63) is 23.8 Å². The van der Waals surface area contributed by atoms with Crippen LogP contribution in [-0.4, -0.2) is 22.6 Å². The second-order valence-electron chi connectivity index (χ2n) is 3.58. The van der Waals surface area contributed by atoms with Crippen molar-refractivity contribution in [1.82, 2.24) is 0 Å². The van der Waals surface area contributed by atoms with Crippen molar-refractivity contribution >= 4 is 38.6 Å². The van der Waals surface area contributed by atoms with Crippen LogP contribution in [0.2, 0.25) is 0 Å². The molecular weight excluding hydrogens is 368 g/mol. The van der Waals surface area contributed by atoms with E-state index >= 15 is 0 Å². The van der Waals surface area contributed by atoms with Gasteiger partial charge in [-0.2, -0.15) is 4.99 Å². The predicted octanol–water partition coefficient (Wildman–Crippen LogP) is -2.21. The molecule has 5 nitrogen and oxygen atoms in total. The summed E-state index contributed by atoms with van der Waals surface area (Å²) in [7, 11) is 0. The number of amidine groups is 1. The fourth-order valence-electron chi connectivity index (χ4n) is 1.69. The number of carbonyl (C=O) groups excluding carboxylic acids is 1. The predicted molar refractivity (Wildman–Crippen MR) is 72.9 cm³/mol. The largest absolute Gasteiger partial charge is 1.00 e. The maximum atomic E-state index is 11.3. The van der Waals surface area contributed by atoms with Gasteiger partial charge in [-0.1, -0.05) is 0 Å². The molecule has 18 heavy (non-hydrogen) atoms. The second-order valence-corrected chi connectivity index (χ2v) is 4.60. The molecule has 0 aromatic carbocycles. The summed E-state index contributed by atoms with van der Waals surface area (Å²) in [6.45, 7) is 2.23. The van der Waals surface area contributed by atoms with Crippen molar-refractivity contribution in [1.29, 1.82) is 0 Å². The molecule has 0 radical (unpaired) electrons. The molecule has 2 rings (SSSR count). The molecule has 0 fully saturated rings. The summed E-state index contributed by atoms with van der Waals surface area (Å²) >= 11 is 2.20. The van der Waals surface area contributed by atoms with E-state index in [9.17, 15) is 4.79 Å². The van der Waals surface area contributed by atoms with E-state index in [0.29, 0.717) is 19.4 Å². The first kappa shape index (κ1) is 15.3. The number of fused-ring (bicyclic) bond motifs is 1. The maximum absolute atomic E-state index is 11.3. The molecule has 1 N–H and O–H groups in total. The van der Waals surface area contributed by atoms with Crippen LogP contribution in [0.4, 0.5) is 0 Å². The third-order valence-corrected chi connectivity index (χ3v) is 3.28. The third kappa shape index (κ3) is 3.39. The van der Waals surface area contributed by atoms with E-state index in [0.717, 1.165) is 20.1 Å². The Morgan fingerprint density at radius 3 is 3.06 bits per heavy atom. The summed E-state index contributed by atoms with van der Waals surface area (Å²) in [5.41, 5.74) is 1.95.